The van der Waals surface area contributed by atoms with E-state index in [1.807, 2.05) is 18.4 Å². The first-order valence-electron chi connectivity index (χ1n) is 8.04. The molecule has 0 saturated carbocycles. The summed E-state index contributed by atoms with van der Waals surface area (Å²) in [6.45, 7) is 3.56. The van der Waals surface area contributed by atoms with Crippen LogP contribution in [0.4, 0.5) is 5.69 Å². The molecular formula is C18H19N3O2S. The number of thiazole rings is 1. The summed E-state index contributed by atoms with van der Waals surface area (Å²) in [5.74, 6) is 0.891. The number of fused-ring (bicyclic) bond motifs is 2. The molecule has 3 heterocycles. The van der Waals surface area contributed by atoms with Gasteiger partial charge in [-0.25, -0.2) is 4.98 Å². The second-order valence-corrected chi connectivity index (χ2v) is 6.94. The summed E-state index contributed by atoms with van der Waals surface area (Å²) in [7, 11) is 1.69. The van der Waals surface area contributed by atoms with E-state index in [9.17, 15) is 4.79 Å². The minimum atomic E-state index is 0.000661. The molecule has 1 aliphatic rings. The summed E-state index contributed by atoms with van der Waals surface area (Å²) in [6, 6.07) is 7.86. The maximum atomic E-state index is 12.3. The Morgan fingerprint density at radius 3 is 3.04 bits per heavy atom. The molecular weight excluding hydrogens is 322 g/mol. The topological polar surface area (TPSA) is 46.8 Å². The lowest BCUT2D eigenvalue weighted by atomic mass is 10.0. The van der Waals surface area contributed by atoms with Crippen molar-refractivity contribution in [1.29, 1.82) is 0 Å². The molecule has 124 valence electrons. The van der Waals surface area contributed by atoms with E-state index in [1.54, 1.807) is 17.6 Å². The SMILES string of the molecule is COc1ccc2c(c1)CCCN2Cc1cc(=O)n2c(C)csc2n1. The van der Waals surface area contributed by atoms with Gasteiger partial charge in [-0.15, -0.1) is 11.3 Å². The molecule has 3 aromatic rings. The van der Waals surface area contributed by atoms with Gasteiger partial charge in [-0.3, -0.25) is 9.20 Å². The highest BCUT2D eigenvalue weighted by Gasteiger charge is 2.19. The zero-order chi connectivity index (χ0) is 16.7. The van der Waals surface area contributed by atoms with Crippen LogP contribution < -0.4 is 15.2 Å². The molecule has 4 rings (SSSR count). The van der Waals surface area contributed by atoms with E-state index in [0.717, 1.165) is 41.5 Å². The van der Waals surface area contributed by atoms with E-state index in [2.05, 4.69) is 22.0 Å². The smallest absolute Gasteiger partial charge is 0.259 e. The minimum absolute atomic E-state index is 0.000661. The Kier molecular flexibility index (Phi) is 3.76. The first-order chi connectivity index (χ1) is 11.7. The lowest BCUT2D eigenvalue weighted by molar-refractivity contribution is 0.414. The van der Waals surface area contributed by atoms with Crippen LogP contribution in [0.5, 0.6) is 5.75 Å². The van der Waals surface area contributed by atoms with Crippen LogP contribution in [0.1, 0.15) is 23.4 Å². The molecule has 0 amide bonds. The van der Waals surface area contributed by atoms with Crippen molar-refractivity contribution in [1.82, 2.24) is 9.38 Å². The molecule has 2 aromatic heterocycles. The van der Waals surface area contributed by atoms with E-state index in [4.69, 9.17) is 4.74 Å². The molecule has 0 atom stereocenters. The number of ether oxygens (including phenoxy) is 1. The lowest BCUT2D eigenvalue weighted by Gasteiger charge is -2.31. The van der Waals surface area contributed by atoms with Gasteiger partial charge in [0.25, 0.3) is 5.56 Å². The van der Waals surface area contributed by atoms with Crippen LogP contribution in [-0.4, -0.2) is 23.0 Å². The van der Waals surface area contributed by atoms with Gasteiger partial charge in [0.1, 0.15) is 5.75 Å². The fraction of sp³-hybridized carbons (Fsp3) is 0.333. The van der Waals surface area contributed by atoms with Gasteiger partial charge in [0.05, 0.1) is 19.3 Å². The van der Waals surface area contributed by atoms with Crippen LogP contribution in [0, 0.1) is 6.92 Å². The maximum Gasteiger partial charge on any atom is 0.259 e. The molecule has 0 unspecified atom stereocenters. The van der Waals surface area contributed by atoms with Gasteiger partial charge in [-0.2, -0.15) is 0 Å². The number of aryl methyl sites for hydroxylation is 2. The molecule has 0 N–H and O–H groups in total. The summed E-state index contributed by atoms with van der Waals surface area (Å²) in [6.07, 6.45) is 2.15. The Labute approximate surface area is 144 Å². The number of hydrogen-bond donors (Lipinski definition) is 0. The number of anilines is 1. The maximum absolute atomic E-state index is 12.3. The molecule has 0 aliphatic carbocycles. The highest BCUT2D eigenvalue weighted by atomic mass is 32.1. The average molecular weight is 341 g/mol. The monoisotopic (exact) mass is 341 g/mol. The Morgan fingerprint density at radius 1 is 1.33 bits per heavy atom. The summed E-state index contributed by atoms with van der Waals surface area (Å²) >= 11 is 1.51. The van der Waals surface area contributed by atoms with E-state index >= 15 is 0 Å². The third-order valence-corrected chi connectivity index (χ3v) is 5.43. The fourth-order valence-corrected chi connectivity index (χ4v) is 4.21. The van der Waals surface area contributed by atoms with E-state index < -0.39 is 0 Å². The molecule has 0 radical (unpaired) electrons. The highest BCUT2D eigenvalue weighted by Crippen LogP contribution is 2.31. The van der Waals surface area contributed by atoms with Gasteiger partial charge in [-0.05, 0) is 43.5 Å². The van der Waals surface area contributed by atoms with Crippen LogP contribution in [0.15, 0.2) is 34.4 Å². The van der Waals surface area contributed by atoms with Crippen LogP contribution in [-0.2, 0) is 13.0 Å². The molecule has 5 nitrogen and oxygen atoms in total. The van der Waals surface area contributed by atoms with Crippen LogP contribution in [0.2, 0.25) is 0 Å². The predicted octanol–water partition coefficient (Wildman–Crippen LogP) is 3.03. The molecule has 6 heteroatoms. The zero-order valence-corrected chi connectivity index (χ0v) is 14.6. The van der Waals surface area contributed by atoms with Gasteiger partial charge in [-0.1, -0.05) is 0 Å². The zero-order valence-electron chi connectivity index (χ0n) is 13.8. The molecule has 0 bridgehead atoms. The summed E-state index contributed by atoms with van der Waals surface area (Å²) in [5, 5.41) is 1.97. The number of rotatable bonds is 3. The van der Waals surface area contributed by atoms with Crippen LogP contribution in [0.3, 0.4) is 0 Å². The Hall–Kier alpha value is -2.34. The van der Waals surface area contributed by atoms with Crippen molar-refractivity contribution in [3.63, 3.8) is 0 Å². The highest BCUT2D eigenvalue weighted by molar-refractivity contribution is 7.15. The van der Waals surface area contributed by atoms with Crippen LogP contribution >= 0.6 is 11.3 Å². The van der Waals surface area contributed by atoms with Gasteiger partial charge in [0.15, 0.2) is 4.96 Å². The molecule has 24 heavy (non-hydrogen) atoms. The molecule has 0 saturated heterocycles. The normalized spacial score (nSPS) is 14.0. The number of methoxy groups -OCH3 is 1. The van der Waals surface area contributed by atoms with Crippen molar-refractivity contribution in [3.8, 4) is 5.75 Å². The van der Waals surface area contributed by atoms with Gasteiger partial charge >= 0.3 is 0 Å². The second-order valence-electron chi connectivity index (χ2n) is 6.10. The lowest BCUT2D eigenvalue weighted by Crippen LogP contribution is -2.30. The van der Waals surface area contributed by atoms with E-state index in [-0.39, 0.29) is 5.56 Å². The van der Waals surface area contributed by atoms with Crippen molar-refractivity contribution in [2.45, 2.75) is 26.3 Å². The number of nitrogens with zero attached hydrogens (tertiary/aromatic N) is 3. The van der Waals surface area contributed by atoms with Gasteiger partial charge < -0.3 is 9.64 Å². The van der Waals surface area contributed by atoms with Crippen LogP contribution in [0.25, 0.3) is 4.96 Å². The van der Waals surface area contributed by atoms with E-state index in [1.165, 1.54) is 22.6 Å². The quantitative estimate of drug-likeness (QED) is 0.735. The number of aromatic nitrogens is 2. The Morgan fingerprint density at radius 2 is 2.21 bits per heavy atom. The molecule has 0 fully saturated rings. The standard InChI is InChI=1S/C18H19N3O2S/c1-12-11-24-18-19-14(9-17(22)21(12)18)10-20-7-3-4-13-8-15(23-2)5-6-16(13)20/h5-6,8-9,11H,3-4,7,10H2,1-2H3. The third-order valence-electron chi connectivity index (χ3n) is 4.48. The van der Waals surface area contributed by atoms with E-state index in [0.29, 0.717) is 6.54 Å². The van der Waals surface area contributed by atoms with Crippen molar-refractivity contribution >= 4 is 22.0 Å². The molecule has 1 aliphatic heterocycles. The molecule has 1 aromatic carbocycles. The van der Waals surface area contributed by atoms with Crippen molar-refractivity contribution in [2.75, 3.05) is 18.6 Å². The molecule has 0 spiro atoms. The second kappa shape index (κ2) is 5.94. The minimum Gasteiger partial charge on any atom is -0.497 e. The third kappa shape index (κ3) is 2.57. The summed E-state index contributed by atoms with van der Waals surface area (Å²) in [4.78, 5) is 20.1. The van der Waals surface area contributed by atoms with Gasteiger partial charge in [0, 0.05) is 29.4 Å². The van der Waals surface area contributed by atoms with Crippen molar-refractivity contribution < 1.29 is 4.74 Å². The largest absolute Gasteiger partial charge is 0.497 e. The Bertz CT molecular complexity index is 961. The predicted molar refractivity (Wildman–Crippen MR) is 96.4 cm³/mol. The first-order valence-corrected chi connectivity index (χ1v) is 8.92. The number of benzene rings is 1. The first kappa shape index (κ1) is 15.2. The Balaban J connectivity index is 1.68. The van der Waals surface area contributed by atoms with Crippen molar-refractivity contribution in [3.05, 3.63) is 57.0 Å². The van der Waals surface area contributed by atoms with Crippen molar-refractivity contribution in [2.24, 2.45) is 0 Å². The summed E-state index contributed by atoms with van der Waals surface area (Å²) in [5.41, 5.74) is 4.28. The average Bonchev–Trinajstić information content (AvgIpc) is 2.96. The number of hydrogen-bond acceptors (Lipinski definition) is 5. The summed E-state index contributed by atoms with van der Waals surface area (Å²) < 4.78 is 7.00. The fourth-order valence-electron chi connectivity index (χ4n) is 3.32. The van der Waals surface area contributed by atoms with Gasteiger partial charge in [0.2, 0.25) is 0 Å².